The van der Waals surface area contributed by atoms with E-state index >= 15 is 0 Å². The van der Waals surface area contributed by atoms with E-state index in [1.807, 2.05) is 0 Å². The molecule has 0 N–H and O–H groups in total. The predicted octanol–water partition coefficient (Wildman–Crippen LogP) is 1.90. The molecule has 0 aliphatic carbocycles. The Kier molecular flexibility index (Phi) is 1.94. The third-order valence-corrected chi connectivity index (χ3v) is 4.84. The molecule has 3 heterocycles. The van der Waals surface area contributed by atoms with E-state index in [4.69, 9.17) is 4.74 Å². The summed E-state index contributed by atoms with van der Waals surface area (Å²) < 4.78 is 5.60. The van der Waals surface area contributed by atoms with Crippen molar-refractivity contribution >= 4 is 0 Å². The lowest BCUT2D eigenvalue weighted by Crippen LogP contribution is -2.46. The molecule has 0 bridgehead atoms. The molecule has 3 saturated heterocycles. The van der Waals surface area contributed by atoms with Gasteiger partial charge in [-0.3, -0.25) is 4.90 Å². The maximum Gasteiger partial charge on any atom is 0.0625 e. The summed E-state index contributed by atoms with van der Waals surface area (Å²) in [7, 11) is 0. The summed E-state index contributed by atoms with van der Waals surface area (Å²) >= 11 is 0. The van der Waals surface area contributed by atoms with Crippen molar-refractivity contribution in [2.75, 3.05) is 19.8 Å². The second-order valence-electron chi connectivity index (χ2n) is 5.62. The van der Waals surface area contributed by atoms with Crippen molar-refractivity contribution in [1.82, 2.24) is 4.90 Å². The Morgan fingerprint density at radius 3 is 3.00 bits per heavy atom. The number of hydrogen-bond donors (Lipinski definition) is 0. The summed E-state index contributed by atoms with van der Waals surface area (Å²) in [5, 5.41) is 0. The quantitative estimate of drug-likeness (QED) is 0.633. The van der Waals surface area contributed by atoms with Crippen LogP contribution in [0.3, 0.4) is 0 Å². The zero-order chi connectivity index (χ0) is 9.76. The van der Waals surface area contributed by atoms with Gasteiger partial charge in [0.2, 0.25) is 0 Å². The zero-order valence-electron chi connectivity index (χ0n) is 9.33. The smallest absolute Gasteiger partial charge is 0.0625 e. The van der Waals surface area contributed by atoms with Crippen LogP contribution in [-0.2, 0) is 4.74 Å². The van der Waals surface area contributed by atoms with Gasteiger partial charge in [-0.2, -0.15) is 0 Å². The first-order valence-electron chi connectivity index (χ1n) is 6.08. The highest BCUT2D eigenvalue weighted by atomic mass is 16.5. The summed E-state index contributed by atoms with van der Waals surface area (Å²) in [5.41, 5.74) is 0.555. The van der Waals surface area contributed by atoms with Gasteiger partial charge in [-0.25, -0.2) is 0 Å². The third-order valence-electron chi connectivity index (χ3n) is 4.84. The molecular formula is C12H21NO. The molecule has 0 spiro atoms. The lowest BCUT2D eigenvalue weighted by molar-refractivity contribution is 0.0674. The average molecular weight is 195 g/mol. The monoisotopic (exact) mass is 195 g/mol. The van der Waals surface area contributed by atoms with Crippen molar-refractivity contribution in [2.45, 2.75) is 44.7 Å². The highest BCUT2D eigenvalue weighted by Crippen LogP contribution is 2.50. The van der Waals surface area contributed by atoms with Crippen LogP contribution in [0.1, 0.15) is 33.1 Å². The lowest BCUT2D eigenvalue weighted by Gasteiger charge is -2.38. The lowest BCUT2D eigenvalue weighted by atomic mass is 9.80. The summed E-state index contributed by atoms with van der Waals surface area (Å²) in [4.78, 5) is 2.79. The van der Waals surface area contributed by atoms with Crippen molar-refractivity contribution in [3.05, 3.63) is 0 Å². The summed E-state index contributed by atoms with van der Waals surface area (Å²) in [5.74, 6) is 1.66. The fraction of sp³-hybridized carbons (Fsp3) is 1.00. The summed E-state index contributed by atoms with van der Waals surface area (Å²) in [6.45, 7) is 8.15. The first-order chi connectivity index (χ1) is 6.74. The molecule has 2 nitrogen and oxygen atoms in total. The first-order valence-corrected chi connectivity index (χ1v) is 6.08. The second-order valence-corrected chi connectivity index (χ2v) is 5.62. The number of nitrogens with zero attached hydrogens (tertiary/aromatic N) is 1. The average Bonchev–Trinajstić information content (AvgIpc) is 2.71. The first kappa shape index (κ1) is 9.17. The van der Waals surface area contributed by atoms with E-state index in [0.717, 1.165) is 31.1 Å². The molecule has 3 atom stereocenters. The standard InChI is InChI=1S/C12H21NO/c1-9(2)12-4-3-5-13(12)11-8-14-7-10(11)6-12/h9-11H,3-8H2,1-2H3. The molecule has 3 rings (SSSR count). The van der Waals surface area contributed by atoms with Crippen LogP contribution in [-0.4, -0.2) is 36.2 Å². The van der Waals surface area contributed by atoms with Gasteiger partial charge in [0.15, 0.2) is 0 Å². The molecule has 3 aliphatic rings. The van der Waals surface area contributed by atoms with Gasteiger partial charge in [0.1, 0.15) is 0 Å². The zero-order valence-corrected chi connectivity index (χ0v) is 9.33. The SMILES string of the molecule is CC(C)C12CCCN1C1COCC1C2. The Morgan fingerprint density at radius 1 is 1.36 bits per heavy atom. The van der Waals surface area contributed by atoms with Crippen LogP contribution in [0.4, 0.5) is 0 Å². The molecule has 14 heavy (non-hydrogen) atoms. The molecule has 3 unspecified atom stereocenters. The molecule has 0 aromatic carbocycles. The van der Waals surface area contributed by atoms with Crippen LogP contribution in [0.15, 0.2) is 0 Å². The van der Waals surface area contributed by atoms with E-state index in [1.54, 1.807) is 0 Å². The molecule has 0 aromatic rings. The van der Waals surface area contributed by atoms with E-state index in [9.17, 15) is 0 Å². The van der Waals surface area contributed by atoms with Crippen LogP contribution in [0.25, 0.3) is 0 Å². The van der Waals surface area contributed by atoms with Gasteiger partial charge in [-0.1, -0.05) is 13.8 Å². The van der Waals surface area contributed by atoms with E-state index in [2.05, 4.69) is 18.7 Å². The molecule has 0 amide bonds. The number of ether oxygens (including phenoxy) is 1. The third kappa shape index (κ3) is 0.989. The van der Waals surface area contributed by atoms with E-state index in [0.29, 0.717) is 5.54 Å². The van der Waals surface area contributed by atoms with Gasteiger partial charge in [0.25, 0.3) is 0 Å². The second kappa shape index (κ2) is 2.96. The van der Waals surface area contributed by atoms with Crippen LogP contribution >= 0.6 is 0 Å². The van der Waals surface area contributed by atoms with Crippen molar-refractivity contribution in [3.63, 3.8) is 0 Å². The molecule has 3 aliphatic heterocycles. The minimum Gasteiger partial charge on any atom is -0.379 e. The number of rotatable bonds is 1. The van der Waals surface area contributed by atoms with E-state index < -0.39 is 0 Å². The topological polar surface area (TPSA) is 12.5 Å². The molecule has 80 valence electrons. The van der Waals surface area contributed by atoms with Crippen molar-refractivity contribution in [1.29, 1.82) is 0 Å². The Morgan fingerprint density at radius 2 is 2.21 bits per heavy atom. The fourth-order valence-corrected chi connectivity index (χ4v) is 4.07. The minimum absolute atomic E-state index is 0.555. The molecule has 2 heteroatoms. The van der Waals surface area contributed by atoms with E-state index in [1.165, 1.54) is 25.8 Å². The van der Waals surface area contributed by atoms with Crippen LogP contribution in [0, 0.1) is 11.8 Å². The van der Waals surface area contributed by atoms with Crippen LogP contribution in [0.2, 0.25) is 0 Å². The Balaban J connectivity index is 1.91. The molecule has 0 saturated carbocycles. The van der Waals surface area contributed by atoms with Crippen molar-refractivity contribution < 1.29 is 4.74 Å². The summed E-state index contributed by atoms with van der Waals surface area (Å²) in [6.07, 6.45) is 4.23. The molecule has 0 radical (unpaired) electrons. The van der Waals surface area contributed by atoms with Crippen LogP contribution < -0.4 is 0 Å². The van der Waals surface area contributed by atoms with Gasteiger partial charge >= 0.3 is 0 Å². The fourth-order valence-electron chi connectivity index (χ4n) is 4.07. The highest BCUT2D eigenvalue weighted by molar-refractivity contribution is 5.10. The van der Waals surface area contributed by atoms with E-state index in [-0.39, 0.29) is 0 Å². The molecular weight excluding hydrogens is 174 g/mol. The minimum atomic E-state index is 0.555. The van der Waals surface area contributed by atoms with Gasteiger partial charge in [-0.05, 0) is 31.7 Å². The number of fused-ring (bicyclic) bond motifs is 3. The summed E-state index contributed by atoms with van der Waals surface area (Å²) in [6, 6.07) is 0.764. The normalized spacial score (nSPS) is 47.4. The number of hydrogen-bond acceptors (Lipinski definition) is 2. The largest absolute Gasteiger partial charge is 0.379 e. The van der Waals surface area contributed by atoms with Gasteiger partial charge in [0, 0.05) is 17.5 Å². The maximum absolute atomic E-state index is 5.60. The Labute approximate surface area is 86.6 Å². The Bertz CT molecular complexity index is 240. The van der Waals surface area contributed by atoms with Crippen molar-refractivity contribution in [2.24, 2.45) is 11.8 Å². The van der Waals surface area contributed by atoms with Gasteiger partial charge in [0.05, 0.1) is 13.2 Å². The van der Waals surface area contributed by atoms with Gasteiger partial charge < -0.3 is 4.74 Å². The molecule has 3 fully saturated rings. The maximum atomic E-state index is 5.60. The highest BCUT2D eigenvalue weighted by Gasteiger charge is 2.56. The predicted molar refractivity (Wildman–Crippen MR) is 56.2 cm³/mol. The van der Waals surface area contributed by atoms with Crippen LogP contribution in [0.5, 0.6) is 0 Å². The Hall–Kier alpha value is -0.0800. The molecule has 0 aromatic heterocycles. The van der Waals surface area contributed by atoms with Crippen molar-refractivity contribution in [3.8, 4) is 0 Å². The van der Waals surface area contributed by atoms with Gasteiger partial charge in [-0.15, -0.1) is 0 Å².